The van der Waals surface area contributed by atoms with Crippen LogP contribution in [0.5, 0.6) is 0 Å². The van der Waals surface area contributed by atoms with Gasteiger partial charge in [0, 0.05) is 17.7 Å². The number of H-pyrrole nitrogens is 1. The molecule has 1 aliphatic heterocycles. The van der Waals surface area contributed by atoms with Crippen LogP contribution in [0, 0.1) is 0 Å². The SMILES string of the molecule is CCOC(=O)CC1CN=C(c2cc3cccc(N(C)S(=O)c4ccccc4C(F)(F)F)c3[nH]2)S1. The zero-order valence-electron chi connectivity index (χ0n) is 18.4. The maximum absolute atomic E-state index is 13.5. The van der Waals surface area contributed by atoms with Gasteiger partial charge >= 0.3 is 12.1 Å². The van der Waals surface area contributed by atoms with Crippen molar-refractivity contribution in [2.24, 2.45) is 4.99 Å². The molecule has 11 heteroatoms. The molecule has 0 saturated heterocycles. The zero-order chi connectivity index (χ0) is 24.5. The largest absolute Gasteiger partial charge is 0.466 e. The van der Waals surface area contributed by atoms with Gasteiger partial charge in [0.1, 0.15) is 5.04 Å². The molecule has 0 amide bonds. The Kier molecular flexibility index (Phi) is 7.04. The van der Waals surface area contributed by atoms with Gasteiger partial charge in [-0.2, -0.15) is 13.2 Å². The maximum atomic E-state index is 13.5. The first-order valence-electron chi connectivity index (χ1n) is 10.5. The van der Waals surface area contributed by atoms with E-state index >= 15 is 0 Å². The van der Waals surface area contributed by atoms with Crippen molar-refractivity contribution in [1.82, 2.24) is 4.98 Å². The molecule has 3 aromatic rings. The number of benzene rings is 2. The minimum atomic E-state index is -4.61. The molecule has 6 nitrogen and oxygen atoms in total. The topological polar surface area (TPSA) is 74.8 Å². The van der Waals surface area contributed by atoms with Crippen LogP contribution in [0.3, 0.4) is 0 Å². The van der Waals surface area contributed by atoms with Crippen molar-refractivity contribution in [3.63, 3.8) is 0 Å². The molecule has 0 aliphatic carbocycles. The average Bonchev–Trinajstić information content (AvgIpc) is 3.44. The van der Waals surface area contributed by atoms with Gasteiger partial charge in [-0.25, -0.2) is 4.21 Å². The summed E-state index contributed by atoms with van der Waals surface area (Å²) >= 11 is 1.47. The number of carbonyl (C=O) groups is 1. The van der Waals surface area contributed by atoms with Crippen molar-refractivity contribution in [3.8, 4) is 0 Å². The highest BCUT2D eigenvalue weighted by molar-refractivity contribution is 8.15. The molecule has 0 spiro atoms. The predicted octanol–water partition coefficient (Wildman–Crippen LogP) is 5.16. The number of carbonyl (C=O) groups excluding carboxylic acids is 1. The lowest BCUT2D eigenvalue weighted by atomic mass is 10.2. The third kappa shape index (κ3) is 5.00. The van der Waals surface area contributed by atoms with E-state index in [0.717, 1.165) is 22.2 Å². The molecule has 0 radical (unpaired) electrons. The summed E-state index contributed by atoms with van der Waals surface area (Å²) in [7, 11) is -0.598. The molecule has 34 heavy (non-hydrogen) atoms. The first-order chi connectivity index (χ1) is 16.2. The summed E-state index contributed by atoms with van der Waals surface area (Å²) in [5.74, 6) is -0.265. The molecule has 2 unspecified atom stereocenters. The smallest absolute Gasteiger partial charge is 0.417 e. The van der Waals surface area contributed by atoms with E-state index in [1.807, 2.05) is 12.1 Å². The van der Waals surface area contributed by atoms with Crippen LogP contribution in [-0.2, 0) is 26.7 Å². The van der Waals surface area contributed by atoms with E-state index in [-0.39, 0.29) is 22.5 Å². The first kappa shape index (κ1) is 24.3. The third-order valence-corrected chi connectivity index (χ3v) is 7.90. The first-order valence-corrected chi connectivity index (χ1v) is 12.5. The van der Waals surface area contributed by atoms with E-state index in [9.17, 15) is 22.2 Å². The van der Waals surface area contributed by atoms with Gasteiger partial charge in [0.15, 0.2) is 11.0 Å². The number of fused-ring (bicyclic) bond motifs is 1. The van der Waals surface area contributed by atoms with Crippen LogP contribution >= 0.6 is 11.8 Å². The molecule has 2 atom stereocenters. The second-order valence-corrected chi connectivity index (χ2v) is 10.3. The number of thioether (sulfide) groups is 1. The predicted molar refractivity (Wildman–Crippen MR) is 129 cm³/mol. The Hall–Kier alpha value is -2.79. The highest BCUT2D eigenvalue weighted by Gasteiger charge is 2.35. The van der Waals surface area contributed by atoms with Crippen LogP contribution in [0.2, 0.25) is 0 Å². The van der Waals surface area contributed by atoms with Gasteiger partial charge in [-0.05, 0) is 31.2 Å². The molecule has 4 rings (SSSR count). The normalized spacial score (nSPS) is 17.0. The molecule has 1 aromatic heterocycles. The Morgan fingerprint density at radius 3 is 2.76 bits per heavy atom. The molecule has 0 bridgehead atoms. The molecular formula is C23H22F3N3O3S2. The summed E-state index contributed by atoms with van der Waals surface area (Å²) in [5, 5.41) is 1.52. The van der Waals surface area contributed by atoms with Gasteiger partial charge in [-0.15, -0.1) is 0 Å². The summed E-state index contributed by atoms with van der Waals surface area (Å²) < 4.78 is 59.9. The van der Waals surface area contributed by atoms with Crippen LogP contribution < -0.4 is 4.31 Å². The summed E-state index contributed by atoms with van der Waals surface area (Å²) in [6.45, 7) is 2.58. The number of aliphatic imine (C=N–C) groups is 1. The number of nitrogens with zero attached hydrogens (tertiary/aromatic N) is 2. The van der Waals surface area contributed by atoms with E-state index in [1.54, 1.807) is 19.1 Å². The van der Waals surface area contributed by atoms with Gasteiger partial charge in [0.25, 0.3) is 0 Å². The van der Waals surface area contributed by atoms with E-state index < -0.39 is 22.7 Å². The molecular weight excluding hydrogens is 487 g/mol. The van der Waals surface area contributed by atoms with Crippen LogP contribution in [0.4, 0.5) is 18.9 Å². The number of hydrogen-bond acceptors (Lipinski definition) is 5. The van der Waals surface area contributed by atoms with E-state index in [2.05, 4.69) is 9.98 Å². The quantitative estimate of drug-likeness (QED) is 0.447. The molecule has 1 N–H and O–H groups in total. The van der Waals surface area contributed by atoms with Crippen LogP contribution in [0.1, 0.15) is 24.6 Å². The fourth-order valence-corrected chi connectivity index (χ4v) is 5.95. The van der Waals surface area contributed by atoms with E-state index in [0.29, 0.717) is 24.4 Å². The third-order valence-electron chi connectivity index (χ3n) is 5.25. The summed E-state index contributed by atoms with van der Waals surface area (Å²) in [4.78, 5) is 19.3. The monoisotopic (exact) mass is 509 g/mol. The highest BCUT2D eigenvalue weighted by atomic mass is 32.2. The van der Waals surface area contributed by atoms with Gasteiger partial charge in [0.05, 0.1) is 46.9 Å². The molecule has 1 aliphatic rings. The number of ether oxygens (including phenoxy) is 1. The number of esters is 1. The number of hydrogen-bond donors (Lipinski definition) is 1. The Bertz CT molecular complexity index is 1270. The lowest BCUT2D eigenvalue weighted by Crippen LogP contribution is -2.23. The number of aromatic nitrogens is 1. The van der Waals surface area contributed by atoms with Crippen LogP contribution in [0.25, 0.3) is 10.9 Å². The Morgan fingerprint density at radius 2 is 2.03 bits per heavy atom. The minimum Gasteiger partial charge on any atom is -0.466 e. The molecule has 2 aromatic carbocycles. The number of alkyl halides is 3. The van der Waals surface area contributed by atoms with Crippen molar-refractivity contribution in [2.45, 2.75) is 29.7 Å². The van der Waals surface area contributed by atoms with E-state index in [1.165, 1.54) is 41.3 Å². The zero-order valence-corrected chi connectivity index (χ0v) is 20.0. The van der Waals surface area contributed by atoms with Crippen LogP contribution in [0.15, 0.2) is 58.4 Å². The highest BCUT2D eigenvalue weighted by Crippen LogP contribution is 2.36. The summed E-state index contributed by atoms with van der Waals surface area (Å²) in [5.41, 5.74) is 0.929. The van der Waals surface area contributed by atoms with Crippen molar-refractivity contribution in [3.05, 3.63) is 59.8 Å². The Morgan fingerprint density at radius 1 is 1.26 bits per heavy atom. The second-order valence-electron chi connectivity index (χ2n) is 7.56. The average molecular weight is 510 g/mol. The molecule has 2 heterocycles. The number of halogens is 3. The standard InChI is InChI=1S/C23H22F3N3O3S2/c1-3-32-20(30)12-15-13-27-22(33-15)17-11-14-7-6-9-18(21(14)28-17)29(2)34(31)19-10-5-4-8-16(19)23(24,25)26/h4-11,15,28H,3,12-13H2,1-2H3. The maximum Gasteiger partial charge on any atom is 0.417 e. The number of rotatable bonds is 7. The van der Waals surface area contributed by atoms with Crippen molar-refractivity contribution in [2.75, 3.05) is 24.5 Å². The fourth-order valence-electron chi connectivity index (χ4n) is 3.69. The number of anilines is 1. The molecule has 180 valence electrons. The molecule has 0 fully saturated rings. The van der Waals surface area contributed by atoms with Crippen molar-refractivity contribution < 1.29 is 26.9 Å². The van der Waals surface area contributed by atoms with Gasteiger partial charge in [-0.1, -0.05) is 36.0 Å². The number of para-hydroxylation sites is 1. The van der Waals surface area contributed by atoms with Crippen molar-refractivity contribution >= 4 is 50.4 Å². The van der Waals surface area contributed by atoms with Gasteiger partial charge in [0.2, 0.25) is 0 Å². The lowest BCUT2D eigenvalue weighted by molar-refractivity contribution is -0.143. The van der Waals surface area contributed by atoms with Crippen LogP contribution in [-0.4, -0.2) is 45.7 Å². The summed E-state index contributed by atoms with van der Waals surface area (Å²) in [6, 6.07) is 12.1. The minimum absolute atomic E-state index is 0.0195. The number of aromatic amines is 1. The van der Waals surface area contributed by atoms with Crippen molar-refractivity contribution in [1.29, 1.82) is 0 Å². The van der Waals surface area contributed by atoms with Gasteiger partial charge < -0.3 is 9.72 Å². The Labute approximate surface area is 201 Å². The second kappa shape index (κ2) is 9.83. The fraction of sp³-hybridized carbons (Fsp3) is 0.304. The lowest BCUT2D eigenvalue weighted by Gasteiger charge is -2.21. The van der Waals surface area contributed by atoms with Gasteiger partial charge in [-0.3, -0.25) is 14.1 Å². The Balaban J connectivity index is 1.60. The summed E-state index contributed by atoms with van der Waals surface area (Å²) in [6.07, 6.45) is -4.35. The molecule has 0 saturated carbocycles. The number of nitrogens with one attached hydrogen (secondary N) is 1. The van der Waals surface area contributed by atoms with E-state index in [4.69, 9.17) is 4.74 Å².